The van der Waals surface area contributed by atoms with Crippen LogP contribution in [0.1, 0.15) is 22.0 Å². The van der Waals surface area contributed by atoms with Gasteiger partial charge >= 0.3 is 0 Å². The van der Waals surface area contributed by atoms with Crippen LogP contribution in [0.5, 0.6) is 5.75 Å². The van der Waals surface area contributed by atoms with E-state index in [-0.39, 0.29) is 22.2 Å². The van der Waals surface area contributed by atoms with Crippen LogP contribution in [0.4, 0.5) is 0 Å². The maximum Gasteiger partial charge on any atom is 0.251 e. The van der Waals surface area contributed by atoms with Crippen LogP contribution in [0.25, 0.3) is 0 Å². The maximum atomic E-state index is 12.1. The van der Waals surface area contributed by atoms with Crippen LogP contribution in [0, 0.1) is 0 Å². The number of halogens is 3. The molecule has 0 fully saturated rings. The standard InChI is InChI=1S/C16H14Cl3NO3/c1-23-15-12(18)6-10(7-13(15)19)16(22)20-8-14(21)9-3-2-4-11(17)5-9/h2-7,14,21H,8H2,1H3,(H,20,22). The van der Waals surface area contributed by atoms with Gasteiger partial charge in [-0.2, -0.15) is 0 Å². The summed E-state index contributed by atoms with van der Waals surface area (Å²) < 4.78 is 5.03. The molecule has 0 aliphatic carbocycles. The minimum Gasteiger partial charge on any atom is -0.494 e. The smallest absolute Gasteiger partial charge is 0.251 e. The van der Waals surface area contributed by atoms with Gasteiger partial charge < -0.3 is 15.2 Å². The van der Waals surface area contributed by atoms with Crippen molar-refractivity contribution in [1.29, 1.82) is 0 Å². The number of aliphatic hydroxyl groups is 1. The third-order valence-corrected chi connectivity index (χ3v) is 3.95. The molecule has 23 heavy (non-hydrogen) atoms. The lowest BCUT2D eigenvalue weighted by molar-refractivity contribution is 0.0916. The average molecular weight is 375 g/mol. The average Bonchev–Trinajstić information content (AvgIpc) is 2.51. The van der Waals surface area contributed by atoms with Crippen molar-refractivity contribution in [3.05, 3.63) is 62.6 Å². The zero-order valence-corrected chi connectivity index (χ0v) is 14.4. The Bertz CT molecular complexity index is 698. The Morgan fingerprint density at radius 3 is 2.43 bits per heavy atom. The van der Waals surface area contributed by atoms with E-state index in [0.29, 0.717) is 16.3 Å². The number of methoxy groups -OCH3 is 1. The van der Waals surface area contributed by atoms with Crippen molar-refractivity contribution < 1.29 is 14.6 Å². The first-order valence-corrected chi connectivity index (χ1v) is 7.80. The summed E-state index contributed by atoms with van der Waals surface area (Å²) in [5.41, 5.74) is 0.891. The zero-order valence-electron chi connectivity index (χ0n) is 12.1. The Balaban J connectivity index is 2.05. The van der Waals surface area contributed by atoms with E-state index in [0.717, 1.165) is 0 Å². The second-order valence-corrected chi connectivity index (χ2v) is 6.00. The molecule has 0 saturated heterocycles. The van der Waals surface area contributed by atoms with E-state index < -0.39 is 12.0 Å². The van der Waals surface area contributed by atoms with Crippen LogP contribution in [-0.2, 0) is 0 Å². The first-order valence-electron chi connectivity index (χ1n) is 6.67. The predicted molar refractivity (Wildman–Crippen MR) is 91.8 cm³/mol. The van der Waals surface area contributed by atoms with E-state index in [4.69, 9.17) is 39.5 Å². The highest BCUT2D eigenvalue weighted by Crippen LogP contribution is 2.33. The molecule has 1 atom stereocenters. The van der Waals surface area contributed by atoms with E-state index in [1.165, 1.54) is 19.2 Å². The minimum absolute atomic E-state index is 0.0282. The Kier molecular flexibility index (Phi) is 6.13. The number of carbonyl (C=O) groups is 1. The van der Waals surface area contributed by atoms with Crippen LogP contribution in [0.3, 0.4) is 0 Å². The van der Waals surface area contributed by atoms with Gasteiger partial charge in [-0.05, 0) is 29.8 Å². The molecule has 0 aromatic heterocycles. The molecular formula is C16H14Cl3NO3. The fourth-order valence-corrected chi connectivity index (χ4v) is 2.85. The summed E-state index contributed by atoms with van der Waals surface area (Å²) in [4.78, 5) is 12.1. The Morgan fingerprint density at radius 1 is 1.22 bits per heavy atom. The van der Waals surface area contributed by atoms with Gasteiger partial charge in [0.1, 0.15) is 0 Å². The maximum absolute atomic E-state index is 12.1. The molecule has 2 aromatic rings. The van der Waals surface area contributed by atoms with Gasteiger partial charge in [0.2, 0.25) is 0 Å². The normalized spacial score (nSPS) is 11.9. The second-order valence-electron chi connectivity index (χ2n) is 4.75. The molecule has 0 spiro atoms. The summed E-state index contributed by atoms with van der Waals surface area (Å²) in [7, 11) is 1.44. The highest BCUT2D eigenvalue weighted by molar-refractivity contribution is 6.37. The van der Waals surface area contributed by atoms with Gasteiger partial charge in [-0.1, -0.05) is 46.9 Å². The number of benzene rings is 2. The molecule has 2 aromatic carbocycles. The first-order chi connectivity index (χ1) is 10.9. The zero-order chi connectivity index (χ0) is 17.0. The van der Waals surface area contributed by atoms with Gasteiger partial charge in [0, 0.05) is 17.1 Å². The molecule has 2 N–H and O–H groups in total. The molecule has 0 bridgehead atoms. The van der Waals surface area contributed by atoms with Crippen molar-refractivity contribution in [3.8, 4) is 5.75 Å². The van der Waals surface area contributed by atoms with E-state index in [1.54, 1.807) is 24.3 Å². The summed E-state index contributed by atoms with van der Waals surface area (Å²) in [6, 6.07) is 9.70. The Morgan fingerprint density at radius 2 is 1.87 bits per heavy atom. The van der Waals surface area contributed by atoms with Gasteiger partial charge in [0.25, 0.3) is 5.91 Å². The summed E-state index contributed by atoms with van der Waals surface area (Å²) in [6.07, 6.45) is -0.873. The minimum atomic E-state index is -0.873. The van der Waals surface area contributed by atoms with Gasteiger partial charge in [-0.15, -0.1) is 0 Å². The van der Waals surface area contributed by atoms with Crippen LogP contribution in [-0.4, -0.2) is 24.7 Å². The van der Waals surface area contributed by atoms with Gasteiger partial charge in [-0.3, -0.25) is 4.79 Å². The number of aliphatic hydroxyl groups excluding tert-OH is 1. The molecule has 7 heteroatoms. The van der Waals surface area contributed by atoms with Gasteiger partial charge in [0.05, 0.1) is 23.3 Å². The number of carbonyl (C=O) groups excluding carboxylic acids is 1. The van der Waals surface area contributed by atoms with Crippen molar-refractivity contribution in [2.75, 3.05) is 13.7 Å². The lowest BCUT2D eigenvalue weighted by Gasteiger charge is -2.13. The third-order valence-electron chi connectivity index (χ3n) is 3.15. The molecule has 0 heterocycles. The fourth-order valence-electron chi connectivity index (χ4n) is 2.01. The summed E-state index contributed by atoms with van der Waals surface area (Å²) in [6.45, 7) is 0.0282. The Labute approximate surface area is 148 Å². The van der Waals surface area contributed by atoms with Crippen molar-refractivity contribution >= 4 is 40.7 Å². The van der Waals surface area contributed by atoms with Gasteiger partial charge in [0.15, 0.2) is 5.75 Å². The highest BCUT2D eigenvalue weighted by atomic mass is 35.5. The third kappa shape index (κ3) is 4.52. The Hall–Kier alpha value is -1.46. The molecule has 0 aliphatic heterocycles. The molecular weight excluding hydrogens is 361 g/mol. The first kappa shape index (κ1) is 17.9. The lowest BCUT2D eigenvalue weighted by Crippen LogP contribution is -2.28. The molecule has 122 valence electrons. The largest absolute Gasteiger partial charge is 0.494 e. The quantitative estimate of drug-likeness (QED) is 0.827. The summed E-state index contributed by atoms with van der Waals surface area (Å²) >= 11 is 17.9. The second kappa shape index (κ2) is 7.88. The summed E-state index contributed by atoms with van der Waals surface area (Å²) in [5, 5.41) is 13.7. The monoisotopic (exact) mass is 373 g/mol. The SMILES string of the molecule is COc1c(Cl)cc(C(=O)NCC(O)c2cccc(Cl)c2)cc1Cl. The number of hydrogen-bond donors (Lipinski definition) is 2. The van der Waals surface area contributed by atoms with Crippen molar-refractivity contribution in [2.24, 2.45) is 0 Å². The van der Waals surface area contributed by atoms with Crippen LogP contribution in [0.2, 0.25) is 15.1 Å². The van der Waals surface area contributed by atoms with Gasteiger partial charge in [-0.25, -0.2) is 0 Å². The van der Waals surface area contributed by atoms with Crippen molar-refractivity contribution in [2.45, 2.75) is 6.10 Å². The number of amides is 1. The van der Waals surface area contributed by atoms with Crippen LogP contribution >= 0.6 is 34.8 Å². The summed E-state index contributed by atoms with van der Waals surface area (Å²) in [5.74, 6) is -0.0959. The fraction of sp³-hybridized carbons (Fsp3) is 0.188. The van der Waals surface area contributed by atoms with E-state index in [1.807, 2.05) is 0 Å². The number of rotatable bonds is 5. The molecule has 1 unspecified atom stereocenters. The lowest BCUT2D eigenvalue weighted by atomic mass is 10.1. The molecule has 1 amide bonds. The number of nitrogens with one attached hydrogen (secondary N) is 1. The van der Waals surface area contributed by atoms with E-state index in [2.05, 4.69) is 5.32 Å². The van der Waals surface area contributed by atoms with Crippen LogP contribution in [0.15, 0.2) is 36.4 Å². The number of hydrogen-bond acceptors (Lipinski definition) is 3. The van der Waals surface area contributed by atoms with Crippen LogP contribution < -0.4 is 10.1 Å². The highest BCUT2D eigenvalue weighted by Gasteiger charge is 2.15. The molecule has 2 rings (SSSR count). The molecule has 0 saturated carbocycles. The molecule has 4 nitrogen and oxygen atoms in total. The predicted octanol–water partition coefficient (Wildman–Crippen LogP) is 4.12. The van der Waals surface area contributed by atoms with E-state index in [9.17, 15) is 9.90 Å². The van der Waals surface area contributed by atoms with Crippen molar-refractivity contribution in [3.63, 3.8) is 0 Å². The topological polar surface area (TPSA) is 58.6 Å². The molecule has 0 radical (unpaired) electrons. The molecule has 0 aliphatic rings. The van der Waals surface area contributed by atoms with E-state index >= 15 is 0 Å². The van der Waals surface area contributed by atoms with Crippen molar-refractivity contribution in [1.82, 2.24) is 5.32 Å². The number of ether oxygens (including phenoxy) is 1.